The van der Waals surface area contributed by atoms with Gasteiger partial charge in [-0.3, -0.25) is 0 Å². The zero-order valence-electron chi connectivity index (χ0n) is 12.0. The van der Waals surface area contributed by atoms with Gasteiger partial charge >= 0.3 is 0 Å². The van der Waals surface area contributed by atoms with Crippen LogP contribution in [0.25, 0.3) is 0 Å². The van der Waals surface area contributed by atoms with E-state index in [4.69, 9.17) is 0 Å². The Morgan fingerprint density at radius 3 is 2.72 bits per heavy atom. The van der Waals surface area contributed by atoms with E-state index in [2.05, 4.69) is 72.2 Å². The van der Waals surface area contributed by atoms with Crippen molar-refractivity contribution in [3.63, 3.8) is 0 Å². The first-order chi connectivity index (χ1) is 8.54. The van der Waals surface area contributed by atoms with Gasteiger partial charge in [-0.15, -0.1) is 0 Å². The van der Waals surface area contributed by atoms with E-state index in [0.29, 0.717) is 6.04 Å². The number of nitrogens with one attached hydrogen (secondary N) is 1. The maximum atomic E-state index is 3.57. The molecule has 0 heterocycles. The molecule has 0 bridgehead atoms. The van der Waals surface area contributed by atoms with Crippen molar-refractivity contribution in [2.24, 2.45) is 0 Å². The molecule has 1 rings (SSSR count). The average Bonchev–Trinajstić information content (AvgIpc) is 2.37. The van der Waals surface area contributed by atoms with E-state index in [1.54, 1.807) is 0 Å². The molecule has 1 N–H and O–H groups in total. The molecule has 0 amide bonds. The summed E-state index contributed by atoms with van der Waals surface area (Å²) >= 11 is 3.57. The third-order valence-electron chi connectivity index (χ3n) is 3.55. The van der Waals surface area contributed by atoms with E-state index in [1.807, 2.05) is 0 Å². The fourth-order valence-electron chi connectivity index (χ4n) is 1.77. The SMILES string of the molecule is CCC(C)N(C)CCNCc1ccc(C)c(Br)c1. The highest BCUT2D eigenvalue weighted by Crippen LogP contribution is 2.17. The smallest absolute Gasteiger partial charge is 0.0207 e. The van der Waals surface area contributed by atoms with Crippen molar-refractivity contribution < 1.29 is 0 Å². The van der Waals surface area contributed by atoms with E-state index in [9.17, 15) is 0 Å². The van der Waals surface area contributed by atoms with Gasteiger partial charge in [-0.25, -0.2) is 0 Å². The Labute approximate surface area is 120 Å². The van der Waals surface area contributed by atoms with Crippen LogP contribution < -0.4 is 5.32 Å². The molecule has 0 saturated heterocycles. The number of nitrogens with zero attached hydrogens (tertiary/aromatic N) is 1. The summed E-state index contributed by atoms with van der Waals surface area (Å²) < 4.78 is 1.19. The number of benzene rings is 1. The van der Waals surface area contributed by atoms with Crippen molar-refractivity contribution in [3.8, 4) is 0 Å². The fourth-order valence-corrected chi connectivity index (χ4v) is 2.19. The Morgan fingerprint density at radius 2 is 2.11 bits per heavy atom. The number of rotatable bonds is 7. The normalized spacial score (nSPS) is 13.0. The lowest BCUT2D eigenvalue weighted by molar-refractivity contribution is 0.251. The summed E-state index contributed by atoms with van der Waals surface area (Å²) in [6.45, 7) is 9.69. The van der Waals surface area contributed by atoms with Crippen LogP contribution in [-0.4, -0.2) is 31.1 Å². The molecule has 102 valence electrons. The van der Waals surface area contributed by atoms with E-state index in [0.717, 1.165) is 19.6 Å². The molecule has 0 aliphatic heterocycles. The van der Waals surface area contributed by atoms with Gasteiger partial charge in [0.25, 0.3) is 0 Å². The topological polar surface area (TPSA) is 15.3 Å². The quantitative estimate of drug-likeness (QED) is 0.774. The number of hydrogen-bond acceptors (Lipinski definition) is 2. The molecule has 0 fully saturated rings. The molecule has 0 aliphatic rings. The second-order valence-electron chi connectivity index (χ2n) is 5.00. The molecule has 0 aromatic heterocycles. The first kappa shape index (κ1) is 15.7. The van der Waals surface area contributed by atoms with Crippen molar-refractivity contribution in [2.75, 3.05) is 20.1 Å². The van der Waals surface area contributed by atoms with Crippen LogP contribution in [0.1, 0.15) is 31.4 Å². The van der Waals surface area contributed by atoms with Crippen LogP contribution in [0.3, 0.4) is 0 Å². The lowest BCUT2D eigenvalue weighted by atomic mass is 10.1. The Morgan fingerprint density at radius 1 is 1.39 bits per heavy atom. The van der Waals surface area contributed by atoms with Gasteiger partial charge in [-0.2, -0.15) is 0 Å². The molecule has 0 aliphatic carbocycles. The standard InChI is InChI=1S/C15H25BrN2/c1-5-13(3)18(4)9-8-17-11-14-7-6-12(2)15(16)10-14/h6-7,10,13,17H,5,8-9,11H2,1-4H3. The number of aryl methyl sites for hydroxylation is 1. The van der Waals surface area contributed by atoms with Gasteiger partial charge in [0.1, 0.15) is 0 Å². The average molecular weight is 313 g/mol. The number of hydrogen-bond donors (Lipinski definition) is 1. The highest BCUT2D eigenvalue weighted by atomic mass is 79.9. The van der Waals surface area contributed by atoms with E-state index in [1.165, 1.54) is 22.0 Å². The Bertz CT molecular complexity index is 366. The Balaban J connectivity index is 2.27. The van der Waals surface area contributed by atoms with Gasteiger partial charge in [0, 0.05) is 30.1 Å². The number of likely N-dealkylation sites (N-methyl/N-ethyl adjacent to an activating group) is 1. The molecule has 0 saturated carbocycles. The predicted octanol–water partition coefficient (Wildman–Crippen LogP) is 3.58. The lowest BCUT2D eigenvalue weighted by Crippen LogP contribution is -2.34. The van der Waals surface area contributed by atoms with Crippen molar-refractivity contribution in [3.05, 3.63) is 33.8 Å². The first-order valence-electron chi connectivity index (χ1n) is 6.70. The Hall–Kier alpha value is -0.380. The van der Waals surface area contributed by atoms with Crippen LogP contribution in [0.2, 0.25) is 0 Å². The summed E-state index contributed by atoms with van der Waals surface area (Å²) in [6.07, 6.45) is 1.21. The third kappa shape index (κ3) is 5.09. The van der Waals surface area contributed by atoms with Crippen LogP contribution >= 0.6 is 15.9 Å². The molecule has 2 nitrogen and oxygen atoms in total. The fraction of sp³-hybridized carbons (Fsp3) is 0.600. The first-order valence-corrected chi connectivity index (χ1v) is 7.50. The molecular formula is C15H25BrN2. The van der Waals surface area contributed by atoms with Crippen LogP contribution in [-0.2, 0) is 6.54 Å². The van der Waals surface area contributed by atoms with Gasteiger partial charge in [0.05, 0.1) is 0 Å². The lowest BCUT2D eigenvalue weighted by Gasteiger charge is -2.23. The summed E-state index contributed by atoms with van der Waals surface area (Å²) in [6, 6.07) is 7.21. The largest absolute Gasteiger partial charge is 0.311 e. The van der Waals surface area contributed by atoms with Crippen molar-refractivity contribution in [1.29, 1.82) is 0 Å². The zero-order valence-corrected chi connectivity index (χ0v) is 13.5. The summed E-state index contributed by atoms with van der Waals surface area (Å²) in [7, 11) is 2.19. The number of halogens is 1. The molecular weight excluding hydrogens is 288 g/mol. The minimum atomic E-state index is 0.667. The molecule has 0 spiro atoms. The molecule has 1 unspecified atom stereocenters. The van der Waals surface area contributed by atoms with E-state index >= 15 is 0 Å². The molecule has 1 aromatic carbocycles. The maximum Gasteiger partial charge on any atom is 0.0207 e. The van der Waals surface area contributed by atoms with Crippen LogP contribution in [0.15, 0.2) is 22.7 Å². The Kier molecular flexibility index (Phi) is 6.90. The van der Waals surface area contributed by atoms with E-state index < -0.39 is 0 Å². The van der Waals surface area contributed by atoms with Crippen molar-refractivity contribution in [1.82, 2.24) is 10.2 Å². The van der Waals surface area contributed by atoms with Gasteiger partial charge in [-0.05, 0) is 44.5 Å². The minimum absolute atomic E-state index is 0.667. The minimum Gasteiger partial charge on any atom is -0.311 e. The second-order valence-corrected chi connectivity index (χ2v) is 5.85. The van der Waals surface area contributed by atoms with Crippen molar-refractivity contribution >= 4 is 15.9 Å². The highest BCUT2D eigenvalue weighted by Gasteiger charge is 2.05. The van der Waals surface area contributed by atoms with E-state index in [-0.39, 0.29) is 0 Å². The predicted molar refractivity (Wildman–Crippen MR) is 83.0 cm³/mol. The molecule has 0 radical (unpaired) electrons. The summed E-state index contributed by atoms with van der Waals surface area (Å²) in [5.74, 6) is 0. The third-order valence-corrected chi connectivity index (χ3v) is 4.40. The van der Waals surface area contributed by atoms with Gasteiger partial charge in [0.15, 0.2) is 0 Å². The molecule has 1 atom stereocenters. The van der Waals surface area contributed by atoms with Crippen molar-refractivity contribution in [2.45, 2.75) is 39.8 Å². The summed E-state index contributed by atoms with van der Waals surface area (Å²) in [4.78, 5) is 2.40. The van der Waals surface area contributed by atoms with Gasteiger partial charge < -0.3 is 10.2 Å². The molecule has 3 heteroatoms. The van der Waals surface area contributed by atoms with Crippen LogP contribution in [0, 0.1) is 6.92 Å². The zero-order chi connectivity index (χ0) is 13.5. The maximum absolute atomic E-state index is 3.57. The monoisotopic (exact) mass is 312 g/mol. The van der Waals surface area contributed by atoms with Crippen LogP contribution in [0.5, 0.6) is 0 Å². The van der Waals surface area contributed by atoms with Gasteiger partial charge in [0.2, 0.25) is 0 Å². The highest BCUT2D eigenvalue weighted by molar-refractivity contribution is 9.10. The van der Waals surface area contributed by atoms with Gasteiger partial charge in [-0.1, -0.05) is 35.0 Å². The summed E-state index contributed by atoms with van der Waals surface area (Å²) in [5, 5.41) is 3.50. The molecule has 1 aromatic rings. The van der Waals surface area contributed by atoms with Crippen LogP contribution in [0.4, 0.5) is 0 Å². The molecule has 18 heavy (non-hydrogen) atoms. The second kappa shape index (κ2) is 7.93. The summed E-state index contributed by atoms with van der Waals surface area (Å²) in [5.41, 5.74) is 2.62.